The van der Waals surface area contributed by atoms with Gasteiger partial charge in [-0.2, -0.15) is 0 Å². The second-order valence-corrected chi connectivity index (χ2v) is 7.25. The van der Waals surface area contributed by atoms with Gasteiger partial charge in [0, 0.05) is 19.1 Å². The summed E-state index contributed by atoms with van der Waals surface area (Å²) in [7, 11) is 0. The molecular formula is C16H29N3O3. The maximum atomic E-state index is 12.2. The van der Waals surface area contributed by atoms with E-state index in [0.29, 0.717) is 13.1 Å². The van der Waals surface area contributed by atoms with Crippen LogP contribution in [0.1, 0.15) is 52.9 Å². The van der Waals surface area contributed by atoms with Crippen molar-refractivity contribution in [1.29, 1.82) is 0 Å². The predicted octanol–water partition coefficient (Wildman–Crippen LogP) is 1.64. The van der Waals surface area contributed by atoms with E-state index in [-0.39, 0.29) is 24.1 Å². The van der Waals surface area contributed by atoms with Crippen molar-refractivity contribution in [3.05, 3.63) is 0 Å². The fraction of sp³-hybridized carbons (Fsp3) is 0.875. The molecule has 2 fully saturated rings. The minimum absolute atomic E-state index is 0.0439. The molecule has 2 heterocycles. The van der Waals surface area contributed by atoms with E-state index < -0.39 is 5.60 Å². The van der Waals surface area contributed by atoms with Gasteiger partial charge in [0.1, 0.15) is 5.60 Å². The van der Waals surface area contributed by atoms with Gasteiger partial charge in [0.25, 0.3) is 0 Å². The van der Waals surface area contributed by atoms with Crippen molar-refractivity contribution in [2.24, 2.45) is 0 Å². The van der Waals surface area contributed by atoms with Crippen LogP contribution in [0.2, 0.25) is 0 Å². The number of rotatable bonds is 2. The number of nitrogens with one attached hydrogen (secondary N) is 2. The zero-order valence-corrected chi connectivity index (χ0v) is 14.0. The second kappa shape index (κ2) is 7.31. The highest BCUT2D eigenvalue weighted by molar-refractivity contribution is 5.82. The number of hydrogen-bond acceptors (Lipinski definition) is 4. The van der Waals surface area contributed by atoms with Crippen molar-refractivity contribution in [2.45, 2.75) is 70.6 Å². The summed E-state index contributed by atoms with van der Waals surface area (Å²) in [5, 5.41) is 6.38. The molecule has 1 atom stereocenters. The molecule has 22 heavy (non-hydrogen) atoms. The summed E-state index contributed by atoms with van der Waals surface area (Å²) in [6.07, 6.45) is 4.50. The Morgan fingerprint density at radius 2 is 1.82 bits per heavy atom. The van der Waals surface area contributed by atoms with Gasteiger partial charge in [-0.1, -0.05) is 6.42 Å². The van der Waals surface area contributed by atoms with Gasteiger partial charge >= 0.3 is 6.09 Å². The van der Waals surface area contributed by atoms with Crippen molar-refractivity contribution < 1.29 is 14.3 Å². The third-order valence-electron chi connectivity index (χ3n) is 4.12. The van der Waals surface area contributed by atoms with Crippen LogP contribution in [0.15, 0.2) is 0 Å². The minimum atomic E-state index is -0.463. The molecule has 2 N–H and O–H groups in total. The molecular weight excluding hydrogens is 282 g/mol. The van der Waals surface area contributed by atoms with Crippen LogP contribution in [0.4, 0.5) is 4.79 Å². The van der Waals surface area contributed by atoms with Crippen LogP contribution in [0.5, 0.6) is 0 Å². The molecule has 0 bridgehead atoms. The first-order chi connectivity index (χ1) is 10.3. The second-order valence-electron chi connectivity index (χ2n) is 7.25. The first kappa shape index (κ1) is 17.1. The average Bonchev–Trinajstić information content (AvgIpc) is 2.47. The van der Waals surface area contributed by atoms with Crippen molar-refractivity contribution in [3.8, 4) is 0 Å². The molecule has 0 radical (unpaired) electrons. The third-order valence-corrected chi connectivity index (χ3v) is 4.12. The zero-order valence-electron chi connectivity index (χ0n) is 14.0. The summed E-state index contributed by atoms with van der Waals surface area (Å²) in [5.41, 5.74) is -0.463. The Bertz CT molecular complexity index is 392. The number of nitrogens with zero attached hydrogens (tertiary/aromatic N) is 1. The van der Waals surface area contributed by atoms with E-state index in [9.17, 15) is 9.59 Å². The van der Waals surface area contributed by atoms with Crippen LogP contribution in [-0.4, -0.2) is 54.2 Å². The molecule has 2 saturated heterocycles. The topological polar surface area (TPSA) is 70.7 Å². The Morgan fingerprint density at radius 3 is 2.36 bits per heavy atom. The van der Waals surface area contributed by atoms with Gasteiger partial charge in [0.05, 0.1) is 6.04 Å². The van der Waals surface area contributed by atoms with Gasteiger partial charge in [-0.25, -0.2) is 4.79 Å². The summed E-state index contributed by atoms with van der Waals surface area (Å²) in [4.78, 5) is 25.9. The lowest BCUT2D eigenvalue weighted by molar-refractivity contribution is -0.124. The summed E-state index contributed by atoms with van der Waals surface area (Å²) in [6, 6.07) is 0.118. The molecule has 2 aliphatic rings. The number of piperidine rings is 2. The lowest BCUT2D eigenvalue weighted by Crippen LogP contribution is -2.53. The van der Waals surface area contributed by atoms with Crippen LogP contribution in [0.25, 0.3) is 0 Å². The molecule has 1 unspecified atom stereocenters. The SMILES string of the molecule is CC(C)(C)OC(=O)N1CCC(NC(=O)C2CCCCN2)CC1. The molecule has 0 aromatic carbocycles. The summed E-state index contributed by atoms with van der Waals surface area (Å²) in [6.45, 7) is 7.81. The number of amides is 2. The highest BCUT2D eigenvalue weighted by Gasteiger charge is 2.29. The van der Waals surface area contributed by atoms with Crippen molar-refractivity contribution in [1.82, 2.24) is 15.5 Å². The molecule has 2 rings (SSSR count). The highest BCUT2D eigenvalue weighted by Crippen LogP contribution is 2.16. The first-order valence-corrected chi connectivity index (χ1v) is 8.37. The number of carbonyl (C=O) groups is 2. The Morgan fingerprint density at radius 1 is 1.14 bits per heavy atom. The Balaban J connectivity index is 1.72. The first-order valence-electron chi connectivity index (χ1n) is 8.37. The lowest BCUT2D eigenvalue weighted by Gasteiger charge is -2.34. The van der Waals surface area contributed by atoms with Crippen molar-refractivity contribution >= 4 is 12.0 Å². The van der Waals surface area contributed by atoms with E-state index in [2.05, 4.69) is 10.6 Å². The van der Waals surface area contributed by atoms with E-state index in [4.69, 9.17) is 4.74 Å². The molecule has 0 spiro atoms. The predicted molar refractivity (Wildman–Crippen MR) is 84.6 cm³/mol. The number of ether oxygens (including phenoxy) is 1. The fourth-order valence-corrected chi connectivity index (χ4v) is 2.91. The van der Waals surface area contributed by atoms with E-state index in [1.165, 1.54) is 0 Å². The van der Waals surface area contributed by atoms with E-state index >= 15 is 0 Å². The Labute approximate surface area is 132 Å². The average molecular weight is 311 g/mol. The highest BCUT2D eigenvalue weighted by atomic mass is 16.6. The van der Waals surface area contributed by atoms with Crippen molar-refractivity contribution in [3.63, 3.8) is 0 Å². The minimum Gasteiger partial charge on any atom is -0.444 e. The van der Waals surface area contributed by atoms with Gasteiger partial charge in [-0.3, -0.25) is 4.79 Å². The quantitative estimate of drug-likeness (QED) is 0.813. The zero-order chi connectivity index (χ0) is 16.2. The Kier molecular flexibility index (Phi) is 5.67. The molecule has 0 aromatic heterocycles. The van der Waals surface area contributed by atoms with E-state index in [1.807, 2.05) is 20.8 Å². The molecule has 6 heteroatoms. The third kappa shape index (κ3) is 5.16. The fourth-order valence-electron chi connectivity index (χ4n) is 2.91. The van der Waals surface area contributed by atoms with Gasteiger partial charge in [-0.05, 0) is 53.0 Å². The van der Waals surface area contributed by atoms with Gasteiger partial charge in [0.2, 0.25) is 5.91 Å². The standard InChI is InChI=1S/C16H29N3O3/c1-16(2,3)22-15(21)19-10-7-12(8-11-19)18-14(20)13-6-4-5-9-17-13/h12-13,17H,4-11H2,1-3H3,(H,18,20). The normalized spacial score (nSPS) is 24.0. The number of hydrogen-bond donors (Lipinski definition) is 2. The maximum Gasteiger partial charge on any atom is 0.410 e. The molecule has 126 valence electrons. The summed E-state index contributed by atoms with van der Waals surface area (Å²) < 4.78 is 5.38. The molecule has 6 nitrogen and oxygen atoms in total. The molecule has 2 amide bonds. The summed E-state index contributed by atoms with van der Waals surface area (Å²) >= 11 is 0. The number of likely N-dealkylation sites (tertiary alicyclic amines) is 1. The maximum absolute atomic E-state index is 12.2. The molecule has 0 aromatic rings. The monoisotopic (exact) mass is 311 g/mol. The van der Waals surface area contributed by atoms with Crippen LogP contribution < -0.4 is 10.6 Å². The van der Waals surface area contributed by atoms with Crippen molar-refractivity contribution in [2.75, 3.05) is 19.6 Å². The van der Waals surface area contributed by atoms with Crippen LogP contribution in [0.3, 0.4) is 0 Å². The summed E-state index contributed by atoms with van der Waals surface area (Å²) in [5.74, 6) is 0.107. The smallest absolute Gasteiger partial charge is 0.410 e. The van der Waals surface area contributed by atoms with Crippen LogP contribution in [-0.2, 0) is 9.53 Å². The van der Waals surface area contributed by atoms with Crippen LogP contribution >= 0.6 is 0 Å². The lowest BCUT2D eigenvalue weighted by atomic mass is 10.0. The molecule has 0 saturated carbocycles. The number of carbonyl (C=O) groups excluding carboxylic acids is 2. The molecule has 0 aliphatic carbocycles. The van der Waals surface area contributed by atoms with E-state index in [0.717, 1.165) is 38.6 Å². The van der Waals surface area contributed by atoms with Gasteiger partial charge < -0.3 is 20.3 Å². The largest absolute Gasteiger partial charge is 0.444 e. The molecule has 2 aliphatic heterocycles. The van der Waals surface area contributed by atoms with Crippen LogP contribution in [0, 0.1) is 0 Å². The van der Waals surface area contributed by atoms with Gasteiger partial charge in [0.15, 0.2) is 0 Å². The Hall–Kier alpha value is -1.30. The van der Waals surface area contributed by atoms with Gasteiger partial charge in [-0.15, -0.1) is 0 Å². The van der Waals surface area contributed by atoms with E-state index in [1.54, 1.807) is 4.90 Å².